The Hall–Kier alpha value is -1.62. The van der Waals surface area contributed by atoms with E-state index in [1.165, 1.54) is 5.56 Å². The van der Waals surface area contributed by atoms with Crippen molar-refractivity contribution in [1.82, 2.24) is 10.3 Å². The highest BCUT2D eigenvalue weighted by atomic mass is 16.6. The number of aromatic nitrogens is 1. The summed E-state index contributed by atoms with van der Waals surface area (Å²) < 4.78 is 5.27. The number of rotatable bonds is 2. The van der Waals surface area contributed by atoms with Crippen LogP contribution in [0.4, 0.5) is 10.6 Å². The number of hydrogen-bond donors (Lipinski definition) is 2. The molecule has 116 valence electrons. The third-order valence-corrected chi connectivity index (χ3v) is 3.42. The molecule has 2 N–H and O–H groups in total. The molecule has 1 aliphatic heterocycles. The van der Waals surface area contributed by atoms with Gasteiger partial charge in [0, 0.05) is 5.69 Å². The fraction of sp³-hybridized carbons (Fsp3) is 0.625. The van der Waals surface area contributed by atoms with Crippen molar-refractivity contribution in [2.24, 2.45) is 0 Å². The molecule has 1 amide bonds. The Morgan fingerprint density at radius 1 is 1.33 bits per heavy atom. The van der Waals surface area contributed by atoms with Crippen LogP contribution in [0.2, 0.25) is 0 Å². The van der Waals surface area contributed by atoms with Crippen molar-refractivity contribution in [2.75, 3.05) is 18.4 Å². The van der Waals surface area contributed by atoms with Gasteiger partial charge in [0.05, 0.1) is 0 Å². The predicted molar refractivity (Wildman–Crippen MR) is 83.7 cm³/mol. The number of nitrogens with one attached hydrogen (secondary N) is 2. The smallest absolute Gasteiger partial charge is 0.413 e. The van der Waals surface area contributed by atoms with Gasteiger partial charge in [0.15, 0.2) is 0 Å². The highest BCUT2D eigenvalue weighted by Gasteiger charge is 2.19. The number of carbonyl (C=O) groups excluding carboxylic acids is 1. The van der Waals surface area contributed by atoms with Gasteiger partial charge in [0.1, 0.15) is 11.4 Å². The summed E-state index contributed by atoms with van der Waals surface area (Å²) >= 11 is 0. The summed E-state index contributed by atoms with van der Waals surface area (Å²) in [6, 6.07) is 4.07. The minimum atomic E-state index is -0.508. The van der Waals surface area contributed by atoms with E-state index >= 15 is 0 Å². The first-order valence-electron chi connectivity index (χ1n) is 7.53. The van der Waals surface area contributed by atoms with E-state index in [9.17, 15) is 4.79 Å². The molecule has 1 fully saturated rings. The number of hydrogen-bond acceptors (Lipinski definition) is 4. The normalized spacial score (nSPS) is 16.6. The molecule has 0 aromatic carbocycles. The van der Waals surface area contributed by atoms with Gasteiger partial charge in [0.2, 0.25) is 0 Å². The number of amides is 1. The lowest BCUT2D eigenvalue weighted by Gasteiger charge is -2.24. The molecule has 0 radical (unpaired) electrons. The molecular weight excluding hydrogens is 266 g/mol. The summed E-state index contributed by atoms with van der Waals surface area (Å²) in [5, 5.41) is 6.10. The molecule has 0 atom stereocenters. The molecule has 1 aromatic heterocycles. The van der Waals surface area contributed by atoms with E-state index < -0.39 is 11.7 Å². The first kappa shape index (κ1) is 15.8. The van der Waals surface area contributed by atoms with E-state index in [1.54, 1.807) is 0 Å². The Morgan fingerprint density at radius 2 is 2.00 bits per heavy atom. The van der Waals surface area contributed by atoms with Crippen LogP contribution in [0.25, 0.3) is 0 Å². The van der Waals surface area contributed by atoms with Crippen molar-refractivity contribution in [3.63, 3.8) is 0 Å². The fourth-order valence-electron chi connectivity index (χ4n) is 2.56. The lowest BCUT2D eigenvalue weighted by molar-refractivity contribution is 0.0635. The van der Waals surface area contributed by atoms with Gasteiger partial charge in [-0.3, -0.25) is 5.32 Å². The number of piperidine rings is 1. The molecule has 0 aliphatic carbocycles. The zero-order chi connectivity index (χ0) is 15.5. The number of anilines is 1. The van der Waals surface area contributed by atoms with E-state index in [0.29, 0.717) is 11.7 Å². The highest BCUT2D eigenvalue weighted by Crippen LogP contribution is 2.27. The van der Waals surface area contributed by atoms with Crippen molar-refractivity contribution in [3.8, 4) is 0 Å². The molecule has 5 heteroatoms. The molecule has 1 aromatic rings. The Balaban J connectivity index is 2.09. The maximum absolute atomic E-state index is 11.8. The number of aryl methyl sites for hydroxylation is 1. The molecule has 5 nitrogen and oxygen atoms in total. The molecule has 2 heterocycles. The molecule has 2 rings (SSSR count). The lowest BCUT2D eigenvalue weighted by Crippen LogP contribution is -2.28. The minimum Gasteiger partial charge on any atom is -0.444 e. The zero-order valence-electron chi connectivity index (χ0n) is 13.3. The molecule has 0 spiro atoms. The van der Waals surface area contributed by atoms with E-state index in [4.69, 9.17) is 4.74 Å². The summed E-state index contributed by atoms with van der Waals surface area (Å²) in [6.07, 6.45) is 1.78. The van der Waals surface area contributed by atoms with Gasteiger partial charge in [0.25, 0.3) is 0 Å². The summed E-state index contributed by atoms with van der Waals surface area (Å²) in [5.41, 5.74) is 1.65. The SMILES string of the molecule is Cc1cc(C2CCNCC2)cc(NC(=O)OC(C)(C)C)n1. The number of nitrogens with zero attached hydrogens (tertiary/aromatic N) is 1. The zero-order valence-corrected chi connectivity index (χ0v) is 13.3. The maximum Gasteiger partial charge on any atom is 0.413 e. The van der Waals surface area contributed by atoms with Crippen LogP contribution in [0.1, 0.15) is 50.8 Å². The minimum absolute atomic E-state index is 0.461. The second kappa shape index (κ2) is 6.43. The van der Waals surface area contributed by atoms with Gasteiger partial charge in [-0.05, 0) is 77.2 Å². The molecule has 21 heavy (non-hydrogen) atoms. The Kier molecular flexibility index (Phi) is 4.83. The van der Waals surface area contributed by atoms with Gasteiger partial charge < -0.3 is 10.1 Å². The molecule has 1 aliphatic rings. The van der Waals surface area contributed by atoms with Gasteiger partial charge in [-0.1, -0.05) is 0 Å². The highest BCUT2D eigenvalue weighted by molar-refractivity contribution is 5.83. The Morgan fingerprint density at radius 3 is 2.62 bits per heavy atom. The van der Waals surface area contributed by atoms with E-state index in [0.717, 1.165) is 31.6 Å². The average molecular weight is 291 g/mol. The van der Waals surface area contributed by atoms with Crippen molar-refractivity contribution in [1.29, 1.82) is 0 Å². The first-order chi connectivity index (χ1) is 9.83. The molecule has 0 unspecified atom stereocenters. The largest absolute Gasteiger partial charge is 0.444 e. The molecule has 0 bridgehead atoms. The topological polar surface area (TPSA) is 63.2 Å². The number of carbonyl (C=O) groups is 1. The van der Waals surface area contributed by atoms with Crippen LogP contribution in [0.3, 0.4) is 0 Å². The summed E-state index contributed by atoms with van der Waals surface area (Å²) in [4.78, 5) is 16.2. The molecule has 1 saturated heterocycles. The van der Waals surface area contributed by atoms with E-state index in [1.807, 2.05) is 33.8 Å². The third-order valence-electron chi connectivity index (χ3n) is 3.42. The first-order valence-corrected chi connectivity index (χ1v) is 7.53. The van der Waals surface area contributed by atoms with Gasteiger partial charge in [-0.15, -0.1) is 0 Å². The number of ether oxygens (including phenoxy) is 1. The van der Waals surface area contributed by atoms with Crippen LogP contribution in [0, 0.1) is 6.92 Å². The van der Waals surface area contributed by atoms with Crippen molar-refractivity contribution < 1.29 is 9.53 Å². The lowest BCUT2D eigenvalue weighted by atomic mass is 9.90. The van der Waals surface area contributed by atoms with Gasteiger partial charge >= 0.3 is 6.09 Å². The van der Waals surface area contributed by atoms with E-state index in [2.05, 4.69) is 21.7 Å². The maximum atomic E-state index is 11.8. The summed E-state index contributed by atoms with van der Waals surface area (Å²) in [5.74, 6) is 1.10. The fourth-order valence-corrected chi connectivity index (χ4v) is 2.56. The Labute approximate surface area is 126 Å². The second-order valence-corrected chi connectivity index (χ2v) is 6.58. The van der Waals surface area contributed by atoms with E-state index in [-0.39, 0.29) is 0 Å². The predicted octanol–water partition coefficient (Wildman–Crippen LogP) is 3.20. The van der Waals surface area contributed by atoms with Crippen molar-refractivity contribution >= 4 is 11.9 Å². The van der Waals surface area contributed by atoms with Crippen LogP contribution in [0.15, 0.2) is 12.1 Å². The van der Waals surface area contributed by atoms with Crippen molar-refractivity contribution in [3.05, 3.63) is 23.4 Å². The quantitative estimate of drug-likeness (QED) is 0.878. The summed E-state index contributed by atoms with van der Waals surface area (Å²) in [6.45, 7) is 9.57. The number of pyridine rings is 1. The average Bonchev–Trinajstić information content (AvgIpc) is 2.36. The monoisotopic (exact) mass is 291 g/mol. The third kappa shape index (κ3) is 5.01. The summed E-state index contributed by atoms with van der Waals surface area (Å²) in [7, 11) is 0. The van der Waals surface area contributed by atoms with Gasteiger partial charge in [-0.2, -0.15) is 0 Å². The molecule has 0 saturated carbocycles. The van der Waals surface area contributed by atoms with Crippen LogP contribution in [-0.2, 0) is 4.74 Å². The standard InChI is InChI=1S/C16H25N3O2/c1-11-9-13(12-5-7-17-8-6-12)10-14(18-11)19-15(20)21-16(2,3)4/h9-10,12,17H,5-8H2,1-4H3,(H,18,19,20). The van der Waals surface area contributed by atoms with Crippen LogP contribution < -0.4 is 10.6 Å². The van der Waals surface area contributed by atoms with Crippen LogP contribution >= 0.6 is 0 Å². The van der Waals surface area contributed by atoms with Crippen LogP contribution in [-0.4, -0.2) is 29.8 Å². The van der Waals surface area contributed by atoms with Crippen molar-refractivity contribution in [2.45, 2.75) is 52.1 Å². The Bertz CT molecular complexity index is 503. The van der Waals surface area contributed by atoms with Crippen LogP contribution in [0.5, 0.6) is 0 Å². The second-order valence-electron chi connectivity index (χ2n) is 6.58. The molecular formula is C16H25N3O2. The van der Waals surface area contributed by atoms with Gasteiger partial charge in [-0.25, -0.2) is 9.78 Å².